The third-order valence-electron chi connectivity index (χ3n) is 6.21. The van der Waals surface area contributed by atoms with E-state index >= 15 is 0 Å². The zero-order valence-corrected chi connectivity index (χ0v) is 17.8. The molecule has 3 rings (SSSR count). The van der Waals surface area contributed by atoms with Crippen LogP contribution in [0.25, 0.3) is 0 Å². The molecular weight excluding hydrogens is 332 g/mol. The molecule has 27 heavy (non-hydrogen) atoms. The van der Waals surface area contributed by atoms with Crippen LogP contribution in [-0.2, 0) is 4.74 Å². The average molecular weight is 369 g/mol. The molecule has 1 aromatic carbocycles. The minimum atomic E-state index is -0.157. The molecule has 0 radical (unpaired) electrons. The van der Waals surface area contributed by atoms with Crippen molar-refractivity contribution in [2.45, 2.75) is 91.0 Å². The van der Waals surface area contributed by atoms with Gasteiger partial charge in [-0.15, -0.1) is 0 Å². The lowest BCUT2D eigenvalue weighted by atomic mass is 9.72. The van der Waals surface area contributed by atoms with E-state index in [4.69, 9.17) is 9.47 Å². The summed E-state index contributed by atoms with van der Waals surface area (Å²) in [7, 11) is 0. The average Bonchev–Trinajstić information content (AvgIpc) is 2.61. The van der Waals surface area contributed by atoms with Crippen LogP contribution >= 0.6 is 0 Å². The third kappa shape index (κ3) is 4.85. The Bertz CT molecular complexity index is 698. The van der Waals surface area contributed by atoms with Crippen molar-refractivity contribution in [3.8, 4) is 5.75 Å². The minimum absolute atomic E-state index is 0.157. The van der Waals surface area contributed by atoms with E-state index in [9.17, 15) is 0 Å². The Labute approximate surface area is 165 Å². The molecule has 0 bridgehead atoms. The number of benzene rings is 1. The standard InChI is InChI=1S/C25H36O2/c1-18(2)10-8-11-19(3)12-9-17-25(5)22-16-15-20(4)26-24(22)21-13-6-7-14-23(21)27-25/h6-7,10,12-14,20,22,24H,8-9,11,15-17H2,1-5H3/b19-12+/t20-,22-,24+,25+/m1/s1. The monoisotopic (exact) mass is 368 g/mol. The molecule has 2 heteroatoms. The summed E-state index contributed by atoms with van der Waals surface area (Å²) in [6.07, 6.45) is 11.9. The van der Waals surface area contributed by atoms with Gasteiger partial charge in [0.15, 0.2) is 0 Å². The van der Waals surface area contributed by atoms with Gasteiger partial charge in [0.25, 0.3) is 0 Å². The fourth-order valence-electron chi connectivity index (χ4n) is 4.56. The van der Waals surface area contributed by atoms with Gasteiger partial charge in [-0.2, -0.15) is 0 Å². The first-order valence-electron chi connectivity index (χ1n) is 10.6. The molecule has 2 heterocycles. The Kier molecular flexibility index (Phi) is 6.47. The summed E-state index contributed by atoms with van der Waals surface area (Å²) in [4.78, 5) is 0. The van der Waals surface area contributed by atoms with Crippen LogP contribution < -0.4 is 4.74 Å². The van der Waals surface area contributed by atoms with Crippen LogP contribution in [0.15, 0.2) is 47.6 Å². The Morgan fingerprint density at radius 3 is 2.67 bits per heavy atom. The number of para-hydroxylation sites is 1. The van der Waals surface area contributed by atoms with Crippen LogP contribution in [0.1, 0.15) is 84.8 Å². The number of fused-ring (bicyclic) bond motifs is 3. The molecule has 0 unspecified atom stereocenters. The molecular formula is C25H36O2. The molecule has 0 spiro atoms. The van der Waals surface area contributed by atoms with Crippen molar-refractivity contribution in [3.63, 3.8) is 0 Å². The molecule has 1 aromatic rings. The van der Waals surface area contributed by atoms with Gasteiger partial charge in [-0.1, -0.05) is 41.5 Å². The highest BCUT2D eigenvalue weighted by atomic mass is 16.5. The van der Waals surface area contributed by atoms with E-state index in [0.29, 0.717) is 12.0 Å². The van der Waals surface area contributed by atoms with E-state index in [1.54, 1.807) is 0 Å². The highest BCUT2D eigenvalue weighted by Gasteiger charge is 2.48. The normalized spacial score (nSPS) is 30.1. The molecule has 1 fully saturated rings. The number of allylic oxidation sites excluding steroid dienone is 4. The molecule has 0 amide bonds. The van der Waals surface area contributed by atoms with Gasteiger partial charge in [-0.05, 0) is 79.2 Å². The maximum atomic E-state index is 6.60. The molecule has 0 saturated carbocycles. The molecule has 2 nitrogen and oxygen atoms in total. The predicted octanol–water partition coefficient (Wildman–Crippen LogP) is 7.17. The molecule has 1 saturated heterocycles. The van der Waals surface area contributed by atoms with Crippen LogP contribution in [0.2, 0.25) is 0 Å². The van der Waals surface area contributed by atoms with Gasteiger partial charge >= 0.3 is 0 Å². The van der Waals surface area contributed by atoms with E-state index < -0.39 is 0 Å². The van der Waals surface area contributed by atoms with Crippen molar-refractivity contribution < 1.29 is 9.47 Å². The van der Waals surface area contributed by atoms with Crippen molar-refractivity contribution >= 4 is 0 Å². The van der Waals surface area contributed by atoms with Crippen LogP contribution in [0.4, 0.5) is 0 Å². The second-order valence-electron chi connectivity index (χ2n) is 8.91. The quantitative estimate of drug-likeness (QED) is 0.496. The number of hydrogen-bond donors (Lipinski definition) is 0. The van der Waals surface area contributed by atoms with E-state index in [1.165, 1.54) is 23.1 Å². The highest BCUT2D eigenvalue weighted by Crippen LogP contribution is 2.51. The van der Waals surface area contributed by atoms with Gasteiger partial charge < -0.3 is 9.47 Å². The topological polar surface area (TPSA) is 18.5 Å². The van der Waals surface area contributed by atoms with E-state index in [0.717, 1.165) is 37.9 Å². The lowest BCUT2D eigenvalue weighted by molar-refractivity contribution is -0.152. The largest absolute Gasteiger partial charge is 0.487 e. The first kappa shape index (κ1) is 20.2. The van der Waals surface area contributed by atoms with E-state index in [2.05, 4.69) is 71.0 Å². The summed E-state index contributed by atoms with van der Waals surface area (Å²) in [5.41, 5.74) is 3.97. The maximum absolute atomic E-state index is 6.60. The minimum Gasteiger partial charge on any atom is -0.487 e. The maximum Gasteiger partial charge on any atom is 0.125 e. The lowest BCUT2D eigenvalue weighted by Crippen LogP contribution is -2.50. The smallest absolute Gasteiger partial charge is 0.125 e. The van der Waals surface area contributed by atoms with E-state index in [-0.39, 0.29) is 11.7 Å². The van der Waals surface area contributed by atoms with Crippen LogP contribution in [0.3, 0.4) is 0 Å². The Balaban J connectivity index is 1.70. The predicted molar refractivity (Wildman–Crippen MR) is 113 cm³/mol. The Morgan fingerprint density at radius 1 is 1.11 bits per heavy atom. The Morgan fingerprint density at radius 2 is 1.89 bits per heavy atom. The lowest BCUT2D eigenvalue weighted by Gasteiger charge is -2.50. The fourth-order valence-corrected chi connectivity index (χ4v) is 4.56. The first-order valence-corrected chi connectivity index (χ1v) is 10.6. The molecule has 0 aromatic heterocycles. The molecule has 4 atom stereocenters. The summed E-state index contributed by atoms with van der Waals surface area (Å²) in [5.74, 6) is 1.45. The van der Waals surface area contributed by atoms with Gasteiger partial charge in [0.05, 0.1) is 12.2 Å². The highest BCUT2D eigenvalue weighted by molar-refractivity contribution is 5.39. The second-order valence-corrected chi connectivity index (χ2v) is 8.91. The third-order valence-corrected chi connectivity index (χ3v) is 6.21. The van der Waals surface area contributed by atoms with Gasteiger partial charge in [0.1, 0.15) is 11.4 Å². The van der Waals surface area contributed by atoms with Gasteiger partial charge in [0.2, 0.25) is 0 Å². The fraction of sp³-hybridized carbons (Fsp3) is 0.600. The molecule has 148 valence electrons. The van der Waals surface area contributed by atoms with Crippen LogP contribution in [0.5, 0.6) is 5.75 Å². The summed E-state index contributed by atoms with van der Waals surface area (Å²) in [5, 5.41) is 0. The number of rotatable bonds is 6. The van der Waals surface area contributed by atoms with Crippen molar-refractivity contribution in [2.75, 3.05) is 0 Å². The number of hydrogen-bond acceptors (Lipinski definition) is 2. The van der Waals surface area contributed by atoms with Gasteiger partial charge in [0, 0.05) is 11.5 Å². The Hall–Kier alpha value is -1.54. The SMILES string of the molecule is CC(C)=CCC/C(C)=C/CC[C@]1(C)Oc2ccccc2[C@@H]2O[C@H](C)CC[C@H]21. The summed E-state index contributed by atoms with van der Waals surface area (Å²) >= 11 is 0. The summed E-state index contributed by atoms with van der Waals surface area (Å²) < 4.78 is 13.0. The molecule has 2 aliphatic heterocycles. The molecule has 0 N–H and O–H groups in total. The van der Waals surface area contributed by atoms with Gasteiger partial charge in [-0.25, -0.2) is 0 Å². The summed E-state index contributed by atoms with van der Waals surface area (Å²) in [6.45, 7) is 11.1. The summed E-state index contributed by atoms with van der Waals surface area (Å²) in [6, 6.07) is 8.45. The van der Waals surface area contributed by atoms with E-state index in [1.807, 2.05) is 0 Å². The van der Waals surface area contributed by atoms with Crippen molar-refractivity contribution in [1.82, 2.24) is 0 Å². The first-order chi connectivity index (χ1) is 12.9. The van der Waals surface area contributed by atoms with Gasteiger partial charge in [-0.3, -0.25) is 0 Å². The molecule has 0 aliphatic carbocycles. The van der Waals surface area contributed by atoms with Crippen LogP contribution in [-0.4, -0.2) is 11.7 Å². The number of ether oxygens (including phenoxy) is 2. The van der Waals surface area contributed by atoms with Crippen molar-refractivity contribution in [3.05, 3.63) is 53.1 Å². The van der Waals surface area contributed by atoms with Crippen molar-refractivity contribution in [1.29, 1.82) is 0 Å². The zero-order chi connectivity index (χ0) is 19.4. The van der Waals surface area contributed by atoms with Crippen LogP contribution in [0, 0.1) is 5.92 Å². The molecule has 2 aliphatic rings. The van der Waals surface area contributed by atoms with Crippen molar-refractivity contribution in [2.24, 2.45) is 5.92 Å². The zero-order valence-electron chi connectivity index (χ0n) is 17.8. The second kappa shape index (κ2) is 8.65.